The van der Waals surface area contributed by atoms with E-state index in [4.69, 9.17) is 11.6 Å². The fourth-order valence-electron chi connectivity index (χ4n) is 1.94. The van der Waals surface area contributed by atoms with Crippen molar-refractivity contribution < 1.29 is 13.2 Å². The van der Waals surface area contributed by atoms with Crippen LogP contribution in [0.4, 0.5) is 13.2 Å². The molecule has 0 saturated heterocycles. The lowest BCUT2D eigenvalue weighted by atomic mass is 10.4. The highest BCUT2D eigenvalue weighted by molar-refractivity contribution is 8.00. The first-order valence-corrected chi connectivity index (χ1v) is 7.08. The molecule has 0 atom stereocenters. The summed E-state index contributed by atoms with van der Waals surface area (Å²) in [6, 6.07) is 1.33. The van der Waals surface area contributed by atoms with Crippen LogP contribution in [0.15, 0.2) is 29.7 Å². The number of nitrogens with zero attached hydrogens (tertiary/aromatic N) is 5. The van der Waals surface area contributed by atoms with Gasteiger partial charge in [0.05, 0.1) is 5.02 Å². The first-order valence-electron chi connectivity index (χ1n) is 5.89. The minimum absolute atomic E-state index is 0.0292. The SMILES string of the molecule is Cn1c(-c2ncncc2Cl)nc2cc(SC(F)(F)F)cnc21. The van der Waals surface area contributed by atoms with Crippen molar-refractivity contribution in [3.05, 3.63) is 29.8 Å². The van der Waals surface area contributed by atoms with Gasteiger partial charge < -0.3 is 4.57 Å². The maximum atomic E-state index is 12.4. The molecule has 22 heavy (non-hydrogen) atoms. The van der Waals surface area contributed by atoms with E-state index in [2.05, 4.69) is 19.9 Å². The van der Waals surface area contributed by atoms with Crippen molar-refractivity contribution in [2.24, 2.45) is 7.05 Å². The van der Waals surface area contributed by atoms with Crippen molar-refractivity contribution in [3.63, 3.8) is 0 Å². The van der Waals surface area contributed by atoms with E-state index in [0.717, 1.165) is 6.20 Å². The van der Waals surface area contributed by atoms with Crippen molar-refractivity contribution in [2.45, 2.75) is 10.4 Å². The van der Waals surface area contributed by atoms with Crippen LogP contribution in [-0.4, -0.2) is 30.0 Å². The number of fused-ring (bicyclic) bond motifs is 1. The van der Waals surface area contributed by atoms with Crippen LogP contribution in [-0.2, 0) is 7.05 Å². The van der Waals surface area contributed by atoms with Gasteiger partial charge >= 0.3 is 5.51 Å². The van der Waals surface area contributed by atoms with Gasteiger partial charge in [-0.05, 0) is 17.8 Å². The van der Waals surface area contributed by atoms with Crippen molar-refractivity contribution in [3.8, 4) is 11.5 Å². The number of aromatic nitrogens is 5. The van der Waals surface area contributed by atoms with Gasteiger partial charge in [-0.15, -0.1) is 0 Å². The highest BCUT2D eigenvalue weighted by Crippen LogP contribution is 2.37. The molecule has 3 heterocycles. The number of thioether (sulfide) groups is 1. The molecule has 0 amide bonds. The fraction of sp³-hybridized carbons (Fsp3) is 0.167. The van der Waals surface area contributed by atoms with Crippen LogP contribution in [0, 0.1) is 0 Å². The molecule has 0 aliphatic rings. The third-order valence-corrected chi connectivity index (χ3v) is 3.76. The van der Waals surface area contributed by atoms with Crippen molar-refractivity contribution in [2.75, 3.05) is 0 Å². The molecule has 0 spiro atoms. The van der Waals surface area contributed by atoms with E-state index in [9.17, 15) is 13.2 Å². The Morgan fingerprint density at radius 3 is 2.68 bits per heavy atom. The molecule has 0 saturated carbocycles. The Bertz CT molecular complexity index is 848. The normalized spacial score (nSPS) is 12.0. The minimum atomic E-state index is -4.37. The lowest BCUT2D eigenvalue weighted by Gasteiger charge is -2.04. The molecule has 0 N–H and O–H groups in total. The van der Waals surface area contributed by atoms with Crippen LogP contribution in [0.5, 0.6) is 0 Å². The average molecular weight is 346 g/mol. The zero-order chi connectivity index (χ0) is 15.9. The second kappa shape index (κ2) is 5.40. The third-order valence-electron chi connectivity index (χ3n) is 2.80. The van der Waals surface area contributed by atoms with Crippen molar-refractivity contribution >= 4 is 34.5 Å². The summed E-state index contributed by atoms with van der Waals surface area (Å²) >= 11 is 5.79. The molecule has 0 unspecified atom stereocenters. The molecule has 3 aromatic rings. The predicted molar refractivity (Wildman–Crippen MR) is 76.5 cm³/mol. The van der Waals surface area contributed by atoms with Crippen LogP contribution < -0.4 is 0 Å². The molecule has 0 bridgehead atoms. The molecular formula is C12H7ClF3N5S. The minimum Gasteiger partial charge on any atom is -0.310 e. The lowest BCUT2D eigenvalue weighted by molar-refractivity contribution is -0.0328. The van der Waals surface area contributed by atoms with Crippen molar-refractivity contribution in [1.29, 1.82) is 0 Å². The quantitative estimate of drug-likeness (QED) is 0.663. The molecule has 3 rings (SSSR count). The first-order chi connectivity index (χ1) is 10.3. The van der Waals surface area contributed by atoms with Crippen LogP contribution in [0.2, 0.25) is 5.02 Å². The summed E-state index contributed by atoms with van der Waals surface area (Å²) in [6.45, 7) is 0. The van der Waals surface area contributed by atoms with E-state index in [1.807, 2.05) is 0 Å². The smallest absolute Gasteiger partial charge is 0.310 e. The number of hydrogen-bond acceptors (Lipinski definition) is 5. The monoisotopic (exact) mass is 345 g/mol. The zero-order valence-electron chi connectivity index (χ0n) is 11.0. The topological polar surface area (TPSA) is 56.5 Å². The zero-order valence-corrected chi connectivity index (χ0v) is 12.5. The van der Waals surface area contributed by atoms with Gasteiger partial charge in [0.2, 0.25) is 0 Å². The Morgan fingerprint density at radius 2 is 2.00 bits per heavy atom. The van der Waals surface area contributed by atoms with Gasteiger partial charge in [0, 0.05) is 24.3 Å². The molecule has 5 nitrogen and oxygen atoms in total. The van der Waals surface area contributed by atoms with E-state index >= 15 is 0 Å². The van der Waals surface area contributed by atoms with Gasteiger partial charge in [-0.2, -0.15) is 13.2 Å². The average Bonchev–Trinajstić information content (AvgIpc) is 2.74. The maximum absolute atomic E-state index is 12.4. The highest BCUT2D eigenvalue weighted by atomic mass is 35.5. The molecule has 10 heteroatoms. The standard InChI is InChI=1S/C12H7ClF3N5S/c1-21-10-8(2-6(3-18-10)22-12(14,15)16)20-11(21)9-7(13)4-17-5-19-9/h2-5H,1H3. The summed E-state index contributed by atoms with van der Waals surface area (Å²) in [5.74, 6) is 0.407. The number of rotatable bonds is 2. The highest BCUT2D eigenvalue weighted by Gasteiger charge is 2.29. The third kappa shape index (κ3) is 2.86. The van der Waals surface area contributed by atoms with Gasteiger partial charge in [0.25, 0.3) is 0 Å². The Balaban J connectivity index is 2.11. The van der Waals surface area contributed by atoms with Gasteiger partial charge in [-0.25, -0.2) is 19.9 Å². The fourth-order valence-corrected chi connectivity index (χ4v) is 2.67. The van der Waals surface area contributed by atoms with E-state index in [-0.39, 0.29) is 16.7 Å². The van der Waals surface area contributed by atoms with Gasteiger partial charge in [0.15, 0.2) is 11.5 Å². The van der Waals surface area contributed by atoms with Gasteiger partial charge in [0.1, 0.15) is 17.5 Å². The number of halogens is 4. The van der Waals surface area contributed by atoms with Crippen LogP contribution in [0.1, 0.15) is 0 Å². The molecule has 3 aromatic heterocycles. The molecule has 0 aliphatic carbocycles. The summed E-state index contributed by atoms with van der Waals surface area (Å²) < 4.78 is 38.9. The van der Waals surface area contributed by atoms with Crippen molar-refractivity contribution in [1.82, 2.24) is 24.5 Å². The van der Waals surface area contributed by atoms with E-state index in [1.54, 1.807) is 11.6 Å². The second-order valence-corrected chi connectivity index (χ2v) is 5.82. The number of aryl methyl sites for hydroxylation is 1. The molecule has 0 fully saturated rings. The Labute approximate surface area is 131 Å². The number of alkyl halides is 3. The number of imidazole rings is 1. The Morgan fingerprint density at radius 1 is 1.23 bits per heavy atom. The lowest BCUT2D eigenvalue weighted by Crippen LogP contribution is -1.99. The summed E-state index contributed by atoms with van der Waals surface area (Å²) in [5.41, 5.74) is -3.21. The van der Waals surface area contributed by atoms with E-state index in [0.29, 0.717) is 27.7 Å². The summed E-state index contributed by atoms with van der Waals surface area (Å²) in [5, 5.41) is 0.297. The summed E-state index contributed by atoms with van der Waals surface area (Å²) in [7, 11) is 1.69. The molecule has 114 valence electrons. The van der Waals surface area contributed by atoms with Gasteiger partial charge in [-0.3, -0.25) is 0 Å². The Hall–Kier alpha value is -1.87. The summed E-state index contributed by atoms with van der Waals surface area (Å²) in [6.07, 6.45) is 3.90. The van der Waals surface area contributed by atoms with Crippen LogP contribution >= 0.6 is 23.4 Å². The van der Waals surface area contributed by atoms with Crippen LogP contribution in [0.25, 0.3) is 22.7 Å². The van der Waals surface area contributed by atoms with E-state index < -0.39 is 5.51 Å². The number of pyridine rings is 1. The largest absolute Gasteiger partial charge is 0.446 e. The molecular weight excluding hydrogens is 339 g/mol. The predicted octanol–water partition coefficient (Wildman–Crippen LogP) is 3.69. The van der Waals surface area contributed by atoms with Crippen LogP contribution in [0.3, 0.4) is 0 Å². The molecule has 0 radical (unpaired) electrons. The van der Waals surface area contributed by atoms with Gasteiger partial charge in [-0.1, -0.05) is 11.6 Å². The maximum Gasteiger partial charge on any atom is 0.446 e. The first kappa shape index (κ1) is 15.0. The Kier molecular flexibility index (Phi) is 3.69. The second-order valence-electron chi connectivity index (χ2n) is 4.28. The molecule has 0 aliphatic heterocycles. The van der Waals surface area contributed by atoms with E-state index in [1.165, 1.54) is 18.6 Å². The molecule has 0 aromatic carbocycles. The number of hydrogen-bond donors (Lipinski definition) is 0. The summed E-state index contributed by atoms with van der Waals surface area (Å²) in [4.78, 5) is 16.1.